The van der Waals surface area contributed by atoms with Crippen LogP contribution in [0.5, 0.6) is 0 Å². The van der Waals surface area contributed by atoms with Crippen molar-refractivity contribution in [1.82, 2.24) is 10.3 Å². The molecule has 0 spiro atoms. The van der Waals surface area contributed by atoms with Crippen molar-refractivity contribution in [1.29, 1.82) is 5.26 Å². The van der Waals surface area contributed by atoms with Crippen molar-refractivity contribution < 1.29 is 13.6 Å². The number of rotatable bonds is 4. The number of nitrogens with one attached hydrogen (secondary N) is 2. The summed E-state index contributed by atoms with van der Waals surface area (Å²) >= 11 is 0. The van der Waals surface area contributed by atoms with Crippen LogP contribution in [0.15, 0.2) is 40.9 Å². The summed E-state index contributed by atoms with van der Waals surface area (Å²) in [5.74, 6) is 0.288. The Morgan fingerprint density at radius 1 is 1.30 bits per heavy atom. The molecule has 2 aromatic heterocycles. The summed E-state index contributed by atoms with van der Waals surface area (Å²) in [7, 11) is 0. The Bertz CT molecular complexity index is 1040. The summed E-state index contributed by atoms with van der Waals surface area (Å²) in [6.07, 6.45) is 1.45. The normalized spacial score (nSPS) is 12.0. The molecule has 1 aromatic carbocycles. The topological polar surface area (TPSA) is 91.0 Å². The van der Waals surface area contributed by atoms with Crippen LogP contribution in [0.1, 0.15) is 36.9 Å². The van der Waals surface area contributed by atoms with Gasteiger partial charge in [0.2, 0.25) is 0 Å². The maximum Gasteiger partial charge on any atom is 0.319 e. The number of aryl methyl sites for hydroxylation is 1. The van der Waals surface area contributed by atoms with Crippen LogP contribution in [-0.4, -0.2) is 11.0 Å². The van der Waals surface area contributed by atoms with Crippen molar-refractivity contribution in [2.24, 2.45) is 5.92 Å². The molecule has 0 fully saturated rings. The molecule has 2 N–H and O–H groups in total. The molecule has 0 radical (unpaired) electrons. The van der Waals surface area contributed by atoms with E-state index in [2.05, 4.69) is 15.6 Å². The van der Waals surface area contributed by atoms with Crippen molar-refractivity contribution >= 4 is 22.7 Å². The number of hydrogen-bond donors (Lipinski definition) is 2. The van der Waals surface area contributed by atoms with E-state index in [1.807, 2.05) is 26.8 Å². The number of amides is 2. The van der Waals surface area contributed by atoms with Crippen molar-refractivity contribution in [3.63, 3.8) is 0 Å². The number of urea groups is 1. The number of hydrogen-bond acceptors (Lipinski definition) is 4. The summed E-state index contributed by atoms with van der Waals surface area (Å²) in [4.78, 5) is 16.3. The highest BCUT2D eigenvalue weighted by Gasteiger charge is 2.25. The van der Waals surface area contributed by atoms with E-state index < -0.39 is 12.1 Å². The Hall–Kier alpha value is -3.40. The SMILES string of the molecule is Cc1c(C(NC(=O)Nc2ccnc(C#N)c2)C(C)C)oc2ccc(F)cc12. The van der Waals surface area contributed by atoms with E-state index in [0.717, 1.165) is 5.56 Å². The number of anilines is 1. The molecule has 6 nitrogen and oxygen atoms in total. The van der Waals surface area contributed by atoms with Gasteiger partial charge in [-0.2, -0.15) is 5.26 Å². The Balaban J connectivity index is 1.85. The van der Waals surface area contributed by atoms with Gasteiger partial charge in [-0.25, -0.2) is 14.2 Å². The van der Waals surface area contributed by atoms with E-state index in [9.17, 15) is 9.18 Å². The van der Waals surface area contributed by atoms with Gasteiger partial charge in [-0.1, -0.05) is 13.8 Å². The highest BCUT2D eigenvalue weighted by Crippen LogP contribution is 2.33. The Labute approximate surface area is 156 Å². The van der Waals surface area contributed by atoms with E-state index in [4.69, 9.17) is 9.68 Å². The van der Waals surface area contributed by atoms with Crippen LogP contribution in [0.4, 0.5) is 14.9 Å². The highest BCUT2D eigenvalue weighted by molar-refractivity contribution is 5.90. The van der Waals surface area contributed by atoms with Crippen LogP contribution in [0.25, 0.3) is 11.0 Å². The van der Waals surface area contributed by atoms with Crippen molar-refractivity contribution in [2.45, 2.75) is 26.8 Å². The first-order valence-electron chi connectivity index (χ1n) is 8.51. The van der Waals surface area contributed by atoms with E-state index in [-0.39, 0.29) is 17.4 Å². The second kappa shape index (κ2) is 7.46. The third kappa shape index (κ3) is 3.90. The molecule has 3 rings (SSSR count). The van der Waals surface area contributed by atoms with Gasteiger partial charge in [0.05, 0.1) is 6.04 Å². The second-order valence-corrected chi connectivity index (χ2v) is 6.59. The van der Waals surface area contributed by atoms with Crippen molar-refractivity contribution in [2.75, 3.05) is 5.32 Å². The lowest BCUT2D eigenvalue weighted by molar-refractivity contribution is 0.241. The van der Waals surface area contributed by atoms with Crippen LogP contribution >= 0.6 is 0 Å². The van der Waals surface area contributed by atoms with Gasteiger partial charge >= 0.3 is 6.03 Å². The smallest absolute Gasteiger partial charge is 0.319 e. The number of pyridine rings is 1. The molecule has 0 aliphatic heterocycles. The van der Waals surface area contributed by atoms with Crippen molar-refractivity contribution in [3.8, 4) is 6.07 Å². The average molecular weight is 366 g/mol. The third-order valence-electron chi connectivity index (χ3n) is 4.30. The number of furan rings is 1. The molecule has 27 heavy (non-hydrogen) atoms. The number of nitriles is 1. The Morgan fingerprint density at radius 2 is 2.07 bits per heavy atom. The molecular weight excluding hydrogens is 347 g/mol. The first kappa shape index (κ1) is 18.4. The minimum Gasteiger partial charge on any atom is -0.459 e. The molecule has 138 valence electrons. The van der Waals surface area contributed by atoms with Crippen LogP contribution in [-0.2, 0) is 0 Å². The number of halogens is 1. The summed E-state index contributed by atoms with van der Waals surface area (Å²) in [6, 6.07) is 8.52. The zero-order chi connectivity index (χ0) is 19.6. The van der Waals surface area contributed by atoms with Crippen LogP contribution < -0.4 is 10.6 Å². The fraction of sp³-hybridized carbons (Fsp3) is 0.250. The van der Waals surface area contributed by atoms with E-state index in [1.165, 1.54) is 24.4 Å². The number of benzene rings is 1. The predicted molar refractivity (Wildman–Crippen MR) is 99.6 cm³/mol. The van der Waals surface area contributed by atoms with Gasteiger partial charge in [-0.3, -0.25) is 0 Å². The highest BCUT2D eigenvalue weighted by atomic mass is 19.1. The molecule has 0 bridgehead atoms. The minimum absolute atomic E-state index is 0.0342. The molecule has 0 saturated heterocycles. The molecule has 2 amide bonds. The fourth-order valence-corrected chi connectivity index (χ4v) is 2.92. The number of carbonyl (C=O) groups is 1. The average Bonchev–Trinajstić information content (AvgIpc) is 2.95. The van der Waals surface area contributed by atoms with Crippen molar-refractivity contribution in [3.05, 3.63) is 59.4 Å². The van der Waals surface area contributed by atoms with E-state index in [0.29, 0.717) is 22.4 Å². The molecule has 2 heterocycles. The first-order valence-corrected chi connectivity index (χ1v) is 8.51. The summed E-state index contributed by atoms with van der Waals surface area (Å²) in [5.41, 5.74) is 2.04. The largest absolute Gasteiger partial charge is 0.459 e. The molecule has 3 aromatic rings. The lowest BCUT2D eigenvalue weighted by atomic mass is 9.98. The maximum atomic E-state index is 13.6. The summed E-state index contributed by atoms with van der Waals surface area (Å²) in [6.45, 7) is 5.76. The lowest BCUT2D eigenvalue weighted by Gasteiger charge is -2.21. The molecule has 1 atom stereocenters. The molecule has 0 saturated carbocycles. The first-order chi connectivity index (χ1) is 12.9. The lowest BCUT2D eigenvalue weighted by Crippen LogP contribution is -2.35. The van der Waals surface area contributed by atoms with Gasteiger partial charge in [0.15, 0.2) is 0 Å². The number of aromatic nitrogens is 1. The van der Waals surface area contributed by atoms with Gasteiger partial charge in [-0.15, -0.1) is 0 Å². The minimum atomic E-state index is -0.435. The van der Waals surface area contributed by atoms with Crippen LogP contribution in [0.3, 0.4) is 0 Å². The molecule has 0 aliphatic rings. The quantitative estimate of drug-likeness (QED) is 0.702. The molecule has 0 aliphatic carbocycles. The Morgan fingerprint density at radius 3 is 2.78 bits per heavy atom. The van der Waals surface area contributed by atoms with Gasteiger partial charge in [0.25, 0.3) is 0 Å². The predicted octanol–water partition coefficient (Wildman–Crippen LogP) is 4.67. The second-order valence-electron chi connectivity index (χ2n) is 6.59. The number of nitrogens with zero attached hydrogens (tertiary/aromatic N) is 2. The monoisotopic (exact) mass is 366 g/mol. The zero-order valence-corrected chi connectivity index (χ0v) is 15.2. The molecule has 1 unspecified atom stereocenters. The van der Waals surface area contributed by atoms with Gasteiger partial charge in [0, 0.05) is 22.8 Å². The van der Waals surface area contributed by atoms with Gasteiger partial charge in [-0.05, 0) is 43.2 Å². The maximum absolute atomic E-state index is 13.6. The molecule has 7 heteroatoms. The standard InChI is InChI=1S/C20H19FN4O2/c1-11(2)18(19-12(3)16-8-13(21)4-5-17(16)27-19)25-20(26)24-14-6-7-23-15(9-14)10-22/h4-9,11,18H,1-3H3,(H2,23,24,25,26). The number of carbonyl (C=O) groups excluding carboxylic acids is 1. The van der Waals surface area contributed by atoms with Gasteiger partial charge in [0.1, 0.15) is 28.9 Å². The van der Waals surface area contributed by atoms with Crippen LogP contribution in [0.2, 0.25) is 0 Å². The van der Waals surface area contributed by atoms with Crippen LogP contribution in [0, 0.1) is 30.0 Å². The summed E-state index contributed by atoms with van der Waals surface area (Å²) < 4.78 is 19.5. The van der Waals surface area contributed by atoms with E-state index in [1.54, 1.807) is 12.1 Å². The summed E-state index contributed by atoms with van der Waals surface area (Å²) in [5, 5.41) is 15.2. The van der Waals surface area contributed by atoms with E-state index >= 15 is 0 Å². The Kier molecular flexibility index (Phi) is 5.08. The van der Waals surface area contributed by atoms with Gasteiger partial charge < -0.3 is 15.1 Å². The fourth-order valence-electron chi connectivity index (χ4n) is 2.92. The zero-order valence-electron chi connectivity index (χ0n) is 15.2. The molecular formula is C20H19FN4O2. The number of fused-ring (bicyclic) bond motifs is 1. The third-order valence-corrected chi connectivity index (χ3v) is 4.30.